The van der Waals surface area contributed by atoms with Gasteiger partial charge in [0, 0.05) is 13.1 Å². The summed E-state index contributed by atoms with van der Waals surface area (Å²) in [5, 5.41) is 25.8. The van der Waals surface area contributed by atoms with E-state index in [4.69, 9.17) is 14.6 Å². The van der Waals surface area contributed by atoms with E-state index < -0.39 is 48.0 Å². The van der Waals surface area contributed by atoms with Gasteiger partial charge in [-0.05, 0) is 60.8 Å². The molecule has 0 bridgehead atoms. The first-order valence-electron chi connectivity index (χ1n) is 9.76. The molecule has 0 radical (unpaired) electrons. The van der Waals surface area contributed by atoms with Crippen LogP contribution in [0.25, 0.3) is 0 Å². The Kier molecular flexibility index (Phi) is 11.6. The lowest BCUT2D eigenvalue weighted by molar-refractivity contribution is -0.124. The van der Waals surface area contributed by atoms with Gasteiger partial charge in [0.05, 0.1) is 12.7 Å². The standard InChI is InChI=1S/C19H37N3O7/c1-18(2,3)28-16(26)20-10-8-7-9-14(15(25)21-11-13(24)12-23)22-17(27)29-19(4,5)6/h13-14,23-24H,7-12H2,1-6H3,(H,20,26)(H,21,25)(H,22,27)/t13?,14-/m0/s1. The van der Waals surface area contributed by atoms with Gasteiger partial charge in [-0.25, -0.2) is 9.59 Å². The fourth-order valence-corrected chi connectivity index (χ4v) is 2.10. The highest BCUT2D eigenvalue weighted by Crippen LogP contribution is 2.09. The van der Waals surface area contributed by atoms with Crippen LogP contribution in [0.3, 0.4) is 0 Å². The van der Waals surface area contributed by atoms with Crippen molar-refractivity contribution in [2.75, 3.05) is 19.7 Å². The summed E-state index contributed by atoms with van der Waals surface area (Å²) in [5.41, 5.74) is -1.29. The molecule has 0 aliphatic heterocycles. The molecule has 0 spiro atoms. The van der Waals surface area contributed by atoms with Crippen LogP contribution in [0.15, 0.2) is 0 Å². The summed E-state index contributed by atoms with van der Waals surface area (Å²) in [6, 6.07) is -0.878. The molecular formula is C19H37N3O7. The minimum absolute atomic E-state index is 0.137. The maximum absolute atomic E-state index is 12.3. The van der Waals surface area contributed by atoms with Crippen LogP contribution in [0.1, 0.15) is 60.8 Å². The van der Waals surface area contributed by atoms with Crippen LogP contribution in [0.5, 0.6) is 0 Å². The number of nitrogens with one attached hydrogen (secondary N) is 3. The van der Waals surface area contributed by atoms with Gasteiger partial charge in [0.25, 0.3) is 0 Å². The predicted octanol–water partition coefficient (Wildman–Crippen LogP) is 1.04. The van der Waals surface area contributed by atoms with Crippen LogP contribution in [0, 0.1) is 0 Å². The smallest absolute Gasteiger partial charge is 0.408 e. The zero-order valence-electron chi connectivity index (χ0n) is 18.3. The molecule has 3 amide bonds. The summed E-state index contributed by atoms with van der Waals surface area (Å²) < 4.78 is 10.3. The number of hydrogen-bond donors (Lipinski definition) is 5. The first-order chi connectivity index (χ1) is 13.2. The fourth-order valence-electron chi connectivity index (χ4n) is 2.10. The van der Waals surface area contributed by atoms with Crippen molar-refractivity contribution in [2.45, 2.75) is 84.2 Å². The molecular weight excluding hydrogens is 382 g/mol. The van der Waals surface area contributed by atoms with Crippen LogP contribution in [0.2, 0.25) is 0 Å². The molecule has 2 atom stereocenters. The van der Waals surface area contributed by atoms with Crippen molar-refractivity contribution in [3.05, 3.63) is 0 Å². The molecule has 29 heavy (non-hydrogen) atoms. The molecule has 0 heterocycles. The van der Waals surface area contributed by atoms with Gasteiger partial charge < -0.3 is 35.6 Å². The number of aliphatic hydroxyl groups excluding tert-OH is 2. The Bertz CT molecular complexity index is 527. The number of ether oxygens (including phenoxy) is 2. The van der Waals surface area contributed by atoms with Gasteiger partial charge in [0.2, 0.25) is 5.91 Å². The second-order valence-corrected chi connectivity index (χ2v) is 8.70. The Morgan fingerprint density at radius 2 is 1.45 bits per heavy atom. The molecule has 10 heteroatoms. The van der Waals surface area contributed by atoms with Crippen molar-refractivity contribution in [3.63, 3.8) is 0 Å². The molecule has 0 aromatic heterocycles. The van der Waals surface area contributed by atoms with Crippen molar-refractivity contribution in [1.82, 2.24) is 16.0 Å². The maximum atomic E-state index is 12.3. The van der Waals surface area contributed by atoms with Gasteiger partial charge in [-0.2, -0.15) is 0 Å². The van der Waals surface area contributed by atoms with Gasteiger partial charge in [0.15, 0.2) is 0 Å². The molecule has 0 aromatic carbocycles. The largest absolute Gasteiger partial charge is 0.444 e. The molecule has 0 fully saturated rings. The molecule has 0 saturated carbocycles. The molecule has 0 aliphatic rings. The first kappa shape index (κ1) is 26.9. The third kappa shape index (κ3) is 15.5. The van der Waals surface area contributed by atoms with E-state index in [2.05, 4.69) is 16.0 Å². The van der Waals surface area contributed by atoms with Crippen molar-refractivity contribution in [1.29, 1.82) is 0 Å². The second-order valence-electron chi connectivity index (χ2n) is 8.70. The molecule has 0 rings (SSSR count). The first-order valence-corrected chi connectivity index (χ1v) is 9.76. The van der Waals surface area contributed by atoms with E-state index in [0.717, 1.165) is 0 Å². The minimum Gasteiger partial charge on any atom is -0.444 e. The average molecular weight is 420 g/mol. The van der Waals surface area contributed by atoms with Gasteiger partial charge in [-0.15, -0.1) is 0 Å². The lowest BCUT2D eigenvalue weighted by atomic mass is 10.1. The molecule has 0 aromatic rings. The number of amides is 3. The Labute approximate surface area is 172 Å². The van der Waals surface area contributed by atoms with Gasteiger partial charge in [-0.3, -0.25) is 4.79 Å². The minimum atomic E-state index is -1.08. The zero-order chi connectivity index (χ0) is 22.7. The lowest BCUT2D eigenvalue weighted by Crippen LogP contribution is -2.49. The van der Waals surface area contributed by atoms with E-state index in [1.807, 2.05) is 0 Å². The van der Waals surface area contributed by atoms with E-state index in [1.165, 1.54) is 0 Å². The topological polar surface area (TPSA) is 146 Å². The van der Waals surface area contributed by atoms with Crippen LogP contribution >= 0.6 is 0 Å². The normalized spacial score (nSPS) is 13.8. The Hall–Kier alpha value is -2.07. The quantitative estimate of drug-likeness (QED) is 0.333. The Morgan fingerprint density at radius 3 is 1.97 bits per heavy atom. The lowest BCUT2D eigenvalue weighted by Gasteiger charge is -2.23. The maximum Gasteiger partial charge on any atom is 0.408 e. The van der Waals surface area contributed by atoms with Crippen molar-refractivity contribution in [3.8, 4) is 0 Å². The number of alkyl carbamates (subject to hydrolysis) is 2. The van der Waals surface area contributed by atoms with E-state index >= 15 is 0 Å². The van der Waals surface area contributed by atoms with Crippen LogP contribution < -0.4 is 16.0 Å². The second kappa shape index (κ2) is 12.5. The number of rotatable bonds is 10. The highest BCUT2D eigenvalue weighted by molar-refractivity contribution is 5.85. The molecule has 0 aliphatic carbocycles. The van der Waals surface area contributed by atoms with Crippen molar-refractivity contribution < 1.29 is 34.1 Å². The van der Waals surface area contributed by atoms with Crippen LogP contribution in [0.4, 0.5) is 9.59 Å². The van der Waals surface area contributed by atoms with Gasteiger partial charge >= 0.3 is 12.2 Å². The molecule has 10 nitrogen and oxygen atoms in total. The summed E-state index contributed by atoms with van der Waals surface area (Å²) in [7, 11) is 0. The van der Waals surface area contributed by atoms with Gasteiger partial charge in [-0.1, -0.05) is 0 Å². The molecule has 5 N–H and O–H groups in total. The van der Waals surface area contributed by atoms with Crippen LogP contribution in [-0.4, -0.2) is 71.4 Å². The Balaban J connectivity index is 4.56. The SMILES string of the molecule is CC(C)(C)OC(=O)NCCCC[C@H](NC(=O)OC(C)(C)C)C(=O)NCC(O)CO. The summed E-state index contributed by atoms with van der Waals surface area (Å²) in [6.07, 6.45) is -0.927. The summed E-state index contributed by atoms with van der Waals surface area (Å²) in [6.45, 7) is 10.2. The van der Waals surface area contributed by atoms with E-state index in [-0.39, 0.29) is 6.54 Å². The number of hydrogen-bond acceptors (Lipinski definition) is 7. The summed E-state index contributed by atoms with van der Waals surface area (Å²) >= 11 is 0. The highest BCUT2D eigenvalue weighted by atomic mass is 16.6. The van der Waals surface area contributed by atoms with E-state index in [0.29, 0.717) is 25.8 Å². The molecule has 170 valence electrons. The monoisotopic (exact) mass is 419 g/mol. The Morgan fingerprint density at radius 1 is 0.897 bits per heavy atom. The highest BCUT2D eigenvalue weighted by Gasteiger charge is 2.24. The van der Waals surface area contributed by atoms with Crippen molar-refractivity contribution >= 4 is 18.1 Å². The average Bonchev–Trinajstić information content (AvgIpc) is 2.54. The third-order valence-electron chi connectivity index (χ3n) is 3.32. The van der Waals surface area contributed by atoms with Crippen LogP contribution in [-0.2, 0) is 14.3 Å². The number of aliphatic hydroxyl groups is 2. The molecule has 1 unspecified atom stereocenters. The predicted molar refractivity (Wildman–Crippen MR) is 107 cm³/mol. The number of carbonyl (C=O) groups is 3. The summed E-state index contributed by atoms with van der Waals surface area (Å²) in [5.74, 6) is -0.497. The third-order valence-corrected chi connectivity index (χ3v) is 3.32. The van der Waals surface area contributed by atoms with E-state index in [9.17, 15) is 19.5 Å². The summed E-state index contributed by atoms with van der Waals surface area (Å²) in [4.78, 5) is 35.9. The van der Waals surface area contributed by atoms with Gasteiger partial charge in [0.1, 0.15) is 17.2 Å². The fraction of sp³-hybridized carbons (Fsp3) is 0.842. The van der Waals surface area contributed by atoms with Crippen molar-refractivity contribution in [2.24, 2.45) is 0 Å². The zero-order valence-corrected chi connectivity index (χ0v) is 18.3. The number of carbonyl (C=O) groups excluding carboxylic acids is 3. The molecule has 0 saturated heterocycles. The number of unbranched alkanes of at least 4 members (excludes halogenated alkanes) is 1. The van der Waals surface area contributed by atoms with E-state index in [1.54, 1.807) is 41.5 Å².